The topological polar surface area (TPSA) is 29.3 Å². The molecule has 0 radical (unpaired) electrons. The lowest BCUT2D eigenvalue weighted by atomic mass is 9.78. The molecular weight excluding hydrogens is 252 g/mol. The smallest absolute Gasteiger partial charge is 0.0772 e. The van der Waals surface area contributed by atoms with Gasteiger partial charge in [0, 0.05) is 11.4 Å². The van der Waals surface area contributed by atoms with Crippen molar-refractivity contribution in [1.82, 2.24) is 4.90 Å². The molecule has 1 aliphatic rings. The first-order valence-corrected chi connectivity index (χ1v) is 7.97. The van der Waals surface area contributed by atoms with Gasteiger partial charge >= 0.3 is 0 Å². The Morgan fingerprint density at radius 2 is 2.11 bits per heavy atom. The predicted octanol–water partition coefficient (Wildman–Crippen LogP) is 3.07. The summed E-state index contributed by atoms with van der Waals surface area (Å²) >= 11 is 1.80. The summed E-state index contributed by atoms with van der Waals surface area (Å²) in [4.78, 5) is 5.13. The highest BCUT2D eigenvalue weighted by atomic mass is 32.1. The molecule has 0 saturated carbocycles. The van der Waals surface area contributed by atoms with Crippen molar-refractivity contribution in [2.45, 2.75) is 39.7 Å². The number of piperidine rings is 1. The lowest BCUT2D eigenvalue weighted by molar-refractivity contribution is 0.110. The van der Waals surface area contributed by atoms with Crippen LogP contribution in [0.25, 0.3) is 0 Å². The van der Waals surface area contributed by atoms with E-state index in [0.717, 1.165) is 11.4 Å². The van der Waals surface area contributed by atoms with Gasteiger partial charge in [0.1, 0.15) is 0 Å². The van der Waals surface area contributed by atoms with Crippen LogP contribution in [0.15, 0.2) is 12.1 Å². The minimum atomic E-state index is 0.439. The van der Waals surface area contributed by atoms with E-state index in [1.807, 2.05) is 0 Å². The predicted molar refractivity (Wildman–Crippen MR) is 83.2 cm³/mol. The van der Waals surface area contributed by atoms with Crippen LogP contribution in [0.2, 0.25) is 0 Å². The molecule has 1 aromatic rings. The Bertz CT molecular complexity index is 459. The van der Waals surface area contributed by atoms with E-state index in [1.165, 1.54) is 37.2 Å². The molecule has 2 rings (SSSR count). The molecule has 19 heavy (non-hydrogen) atoms. The molecule has 1 fully saturated rings. The highest BCUT2D eigenvalue weighted by Gasteiger charge is 2.28. The Morgan fingerprint density at radius 3 is 2.74 bits per heavy atom. The van der Waals surface area contributed by atoms with Crippen molar-refractivity contribution in [2.75, 3.05) is 19.6 Å². The van der Waals surface area contributed by atoms with Crippen LogP contribution >= 0.6 is 11.3 Å². The van der Waals surface area contributed by atoms with Crippen LogP contribution in [0, 0.1) is 17.3 Å². The molecule has 2 N–H and O–H groups in total. The van der Waals surface area contributed by atoms with Crippen LogP contribution < -0.4 is 5.73 Å². The van der Waals surface area contributed by atoms with Gasteiger partial charge in [-0.25, -0.2) is 0 Å². The SMILES string of the molecule is CCC1(C)CCN(Cc2ccc(C#CCN)s2)CC1. The third-order valence-corrected chi connectivity index (χ3v) is 5.26. The quantitative estimate of drug-likeness (QED) is 0.860. The highest BCUT2D eigenvalue weighted by molar-refractivity contribution is 7.12. The maximum atomic E-state index is 5.39. The van der Waals surface area contributed by atoms with E-state index in [1.54, 1.807) is 11.3 Å². The second kappa shape index (κ2) is 6.56. The van der Waals surface area contributed by atoms with E-state index in [0.29, 0.717) is 12.0 Å². The van der Waals surface area contributed by atoms with Gasteiger partial charge in [0.2, 0.25) is 0 Å². The summed E-state index contributed by atoms with van der Waals surface area (Å²) in [5.74, 6) is 6.02. The lowest BCUT2D eigenvalue weighted by Gasteiger charge is -2.38. The van der Waals surface area contributed by atoms with Gasteiger partial charge in [0.15, 0.2) is 0 Å². The number of nitrogens with zero attached hydrogens (tertiary/aromatic N) is 1. The highest BCUT2D eigenvalue weighted by Crippen LogP contribution is 2.34. The monoisotopic (exact) mass is 276 g/mol. The van der Waals surface area contributed by atoms with Crippen LogP contribution in [0.1, 0.15) is 42.9 Å². The van der Waals surface area contributed by atoms with Gasteiger partial charge < -0.3 is 5.73 Å². The van der Waals surface area contributed by atoms with E-state index in [9.17, 15) is 0 Å². The molecule has 0 spiro atoms. The van der Waals surface area contributed by atoms with Crippen molar-refractivity contribution in [1.29, 1.82) is 0 Å². The Morgan fingerprint density at radius 1 is 1.37 bits per heavy atom. The summed E-state index contributed by atoms with van der Waals surface area (Å²) in [6, 6.07) is 4.32. The van der Waals surface area contributed by atoms with Gasteiger partial charge in [0.25, 0.3) is 0 Å². The third-order valence-electron chi connectivity index (χ3n) is 4.27. The summed E-state index contributed by atoms with van der Waals surface area (Å²) in [5, 5.41) is 0. The number of hydrogen-bond acceptors (Lipinski definition) is 3. The van der Waals surface area contributed by atoms with Gasteiger partial charge in [-0.15, -0.1) is 11.3 Å². The maximum absolute atomic E-state index is 5.39. The molecule has 3 heteroatoms. The second-order valence-corrected chi connectivity index (χ2v) is 6.88. The molecule has 104 valence electrons. The molecule has 0 aromatic carbocycles. The first-order chi connectivity index (χ1) is 9.15. The maximum Gasteiger partial charge on any atom is 0.0772 e. The molecule has 0 amide bonds. The van der Waals surface area contributed by atoms with E-state index in [-0.39, 0.29) is 0 Å². The van der Waals surface area contributed by atoms with Crippen LogP contribution in [-0.2, 0) is 6.54 Å². The molecule has 1 aromatic heterocycles. The van der Waals surface area contributed by atoms with Crippen LogP contribution in [0.5, 0.6) is 0 Å². The fraction of sp³-hybridized carbons (Fsp3) is 0.625. The Balaban J connectivity index is 1.87. The Hall–Kier alpha value is -0.820. The molecule has 0 aliphatic carbocycles. The summed E-state index contributed by atoms with van der Waals surface area (Å²) < 4.78 is 0. The van der Waals surface area contributed by atoms with Crippen LogP contribution in [0.3, 0.4) is 0 Å². The Labute approximate surface area is 121 Å². The normalized spacial score (nSPS) is 18.9. The summed E-state index contributed by atoms with van der Waals surface area (Å²) in [5.41, 5.74) is 5.97. The first kappa shape index (κ1) is 14.6. The number of rotatable bonds is 3. The summed E-state index contributed by atoms with van der Waals surface area (Å²) in [7, 11) is 0. The number of thiophene rings is 1. The van der Waals surface area contributed by atoms with Gasteiger partial charge in [-0.1, -0.05) is 32.1 Å². The average Bonchev–Trinajstić information content (AvgIpc) is 2.87. The number of hydrogen-bond donors (Lipinski definition) is 1. The van der Waals surface area contributed by atoms with Gasteiger partial charge in [-0.2, -0.15) is 0 Å². The van der Waals surface area contributed by atoms with E-state index >= 15 is 0 Å². The summed E-state index contributed by atoms with van der Waals surface area (Å²) in [6.07, 6.45) is 3.96. The van der Waals surface area contributed by atoms with Crippen molar-refractivity contribution in [3.8, 4) is 11.8 Å². The first-order valence-electron chi connectivity index (χ1n) is 7.15. The minimum Gasteiger partial charge on any atom is -0.320 e. The van der Waals surface area contributed by atoms with Gasteiger partial charge in [-0.3, -0.25) is 4.90 Å². The van der Waals surface area contributed by atoms with Crippen molar-refractivity contribution >= 4 is 11.3 Å². The number of likely N-dealkylation sites (tertiary alicyclic amines) is 1. The molecule has 0 bridgehead atoms. The van der Waals surface area contributed by atoms with E-state index < -0.39 is 0 Å². The molecule has 1 aliphatic heterocycles. The van der Waals surface area contributed by atoms with Gasteiger partial charge in [0.05, 0.1) is 11.4 Å². The summed E-state index contributed by atoms with van der Waals surface area (Å²) in [6.45, 7) is 8.72. The molecule has 0 atom stereocenters. The lowest BCUT2D eigenvalue weighted by Crippen LogP contribution is -2.37. The zero-order valence-electron chi connectivity index (χ0n) is 12.0. The number of nitrogens with two attached hydrogens (primary N) is 1. The second-order valence-electron chi connectivity index (χ2n) is 5.71. The largest absolute Gasteiger partial charge is 0.320 e. The fourth-order valence-corrected chi connectivity index (χ4v) is 3.42. The van der Waals surface area contributed by atoms with E-state index in [2.05, 4.69) is 42.7 Å². The molecule has 1 saturated heterocycles. The van der Waals surface area contributed by atoms with Crippen molar-refractivity contribution in [3.05, 3.63) is 21.9 Å². The fourth-order valence-electron chi connectivity index (χ4n) is 2.49. The van der Waals surface area contributed by atoms with E-state index in [4.69, 9.17) is 5.73 Å². The van der Waals surface area contributed by atoms with Crippen LogP contribution in [0.4, 0.5) is 0 Å². The van der Waals surface area contributed by atoms with Crippen molar-refractivity contribution < 1.29 is 0 Å². The zero-order chi connectivity index (χ0) is 13.7. The molecular formula is C16H24N2S. The van der Waals surface area contributed by atoms with Crippen molar-refractivity contribution in [3.63, 3.8) is 0 Å². The Kier molecular flexibility index (Phi) is 5.04. The standard InChI is InChI=1S/C16H24N2S/c1-3-16(2)8-11-18(12-9-16)13-15-7-6-14(19-15)5-4-10-17/h6-7H,3,8-13,17H2,1-2H3. The molecule has 2 heterocycles. The third kappa shape index (κ3) is 4.07. The van der Waals surface area contributed by atoms with Crippen molar-refractivity contribution in [2.24, 2.45) is 11.1 Å². The molecule has 0 unspecified atom stereocenters. The molecule has 2 nitrogen and oxygen atoms in total. The average molecular weight is 276 g/mol. The van der Waals surface area contributed by atoms with Gasteiger partial charge in [-0.05, 0) is 43.5 Å². The van der Waals surface area contributed by atoms with Crippen LogP contribution in [-0.4, -0.2) is 24.5 Å². The zero-order valence-corrected chi connectivity index (χ0v) is 12.9. The minimum absolute atomic E-state index is 0.439.